The zero-order valence-corrected chi connectivity index (χ0v) is 44.7. The molecular weight excluding hydrogens is 933 g/mol. The van der Waals surface area contributed by atoms with Gasteiger partial charge in [-0.3, -0.25) is 34.3 Å². The Morgan fingerprint density at radius 2 is 1.01 bits per heavy atom. The molecule has 70 heavy (non-hydrogen) atoms. The predicted molar refractivity (Wildman–Crippen MR) is 296 cm³/mol. The van der Waals surface area contributed by atoms with Crippen molar-refractivity contribution in [1.29, 1.82) is 5.41 Å². The molecule has 2 unspecified atom stereocenters. The molecule has 0 aromatic carbocycles. The fraction of sp³-hybridized carbons (Fsp3) is 0.844. The predicted octanol–water partition coefficient (Wildman–Crippen LogP) is -1.94. The standard InChI is InChI=1S/C45H98N20O3S2/c1-37(66)58-24-31-65(30-22-56-17-6-11-38(47)12-9-35-69-70-36-10-15-41(50)55-2)34-33-64(29-23-57-20-21-59-42(67)39(48)13-7-18-61-44(51)52)27-5-3-4-26-63(28-16-46)32-25-60-43(68)40(49)14-8-19-62-45(53)54/h39-40,47,56-57H,3-36,46,48-49H2,1-2H3,(H2,50,55)(H,58,66)(H,59,67)(H,60,68)(H4,51,52,61)(H4,53,54,62). The van der Waals surface area contributed by atoms with E-state index in [1.165, 1.54) is 0 Å². The zero-order chi connectivity index (χ0) is 52.0. The van der Waals surface area contributed by atoms with Crippen molar-refractivity contribution in [3.05, 3.63) is 0 Å². The molecule has 3 amide bonds. The van der Waals surface area contributed by atoms with Crippen LogP contribution < -0.4 is 72.5 Å². The van der Waals surface area contributed by atoms with E-state index in [0.717, 1.165) is 147 Å². The second-order valence-corrected chi connectivity index (χ2v) is 20.0. The first kappa shape index (κ1) is 66.5. The molecule has 25 heteroatoms. The van der Waals surface area contributed by atoms with Gasteiger partial charge in [0.25, 0.3) is 0 Å². The molecule has 0 bridgehead atoms. The van der Waals surface area contributed by atoms with Crippen LogP contribution in [0.5, 0.6) is 0 Å². The topological polar surface area (TPSA) is 390 Å². The minimum Gasteiger partial charge on any atom is -0.387 e. The van der Waals surface area contributed by atoms with Gasteiger partial charge in [-0.25, -0.2) is 0 Å². The molecule has 0 aromatic rings. The molecule has 0 aromatic heterocycles. The lowest BCUT2D eigenvalue weighted by atomic mass is 10.1. The zero-order valence-electron chi connectivity index (χ0n) is 43.0. The molecule has 0 aliphatic rings. The third-order valence-corrected chi connectivity index (χ3v) is 13.7. The van der Waals surface area contributed by atoms with Crippen LogP contribution in [0.2, 0.25) is 0 Å². The van der Waals surface area contributed by atoms with Gasteiger partial charge in [0.2, 0.25) is 17.7 Å². The maximum atomic E-state index is 12.5. The van der Waals surface area contributed by atoms with Gasteiger partial charge < -0.3 is 87.7 Å². The Morgan fingerprint density at radius 1 is 0.543 bits per heavy atom. The Hall–Kier alpha value is -3.53. The number of rotatable bonds is 49. The number of carbonyl (C=O) groups is 3. The van der Waals surface area contributed by atoms with E-state index in [1.54, 1.807) is 14.0 Å². The summed E-state index contributed by atoms with van der Waals surface area (Å²) in [5.74, 6) is 2.45. The number of aliphatic imine (C=N–C) groups is 3. The highest BCUT2D eigenvalue weighted by molar-refractivity contribution is 8.76. The Morgan fingerprint density at radius 3 is 1.54 bits per heavy atom. The fourth-order valence-corrected chi connectivity index (χ4v) is 9.22. The van der Waals surface area contributed by atoms with Crippen LogP contribution in [0, 0.1) is 5.41 Å². The van der Waals surface area contributed by atoms with Crippen LogP contribution in [-0.2, 0) is 14.4 Å². The van der Waals surface area contributed by atoms with Crippen molar-refractivity contribution in [2.24, 2.45) is 60.8 Å². The summed E-state index contributed by atoms with van der Waals surface area (Å²) in [6.45, 7) is 14.9. The maximum Gasteiger partial charge on any atom is 0.236 e. The van der Waals surface area contributed by atoms with Gasteiger partial charge in [-0.2, -0.15) is 0 Å². The molecule has 2 atom stereocenters. The molecule has 0 aliphatic heterocycles. The number of carbonyl (C=O) groups excluding carboxylic acids is 3. The van der Waals surface area contributed by atoms with Crippen molar-refractivity contribution < 1.29 is 14.4 Å². The van der Waals surface area contributed by atoms with Gasteiger partial charge in [0.05, 0.1) is 17.9 Å². The summed E-state index contributed by atoms with van der Waals surface area (Å²) in [4.78, 5) is 55.8. The van der Waals surface area contributed by atoms with Crippen molar-refractivity contribution in [1.82, 2.24) is 41.3 Å². The number of nitrogens with zero attached hydrogens (tertiary/aromatic N) is 6. The van der Waals surface area contributed by atoms with Crippen molar-refractivity contribution in [2.45, 2.75) is 102 Å². The number of nitrogens with two attached hydrogens (primary N) is 8. The second kappa shape index (κ2) is 46.5. The van der Waals surface area contributed by atoms with Crippen molar-refractivity contribution in [3.63, 3.8) is 0 Å². The van der Waals surface area contributed by atoms with Crippen LogP contribution in [-0.4, -0.2) is 211 Å². The summed E-state index contributed by atoms with van der Waals surface area (Å²) in [6.07, 6.45) is 10.8. The molecule has 0 saturated heterocycles. The average Bonchev–Trinajstić information content (AvgIpc) is 3.32. The summed E-state index contributed by atoms with van der Waals surface area (Å²) in [5, 5.41) is 24.3. The summed E-state index contributed by atoms with van der Waals surface area (Å²) in [5.41, 5.74) is 46.1. The number of unbranched alkanes of at least 4 members (excludes halogenated alkanes) is 2. The van der Waals surface area contributed by atoms with Gasteiger partial charge in [-0.15, -0.1) is 0 Å². The van der Waals surface area contributed by atoms with Gasteiger partial charge in [0.1, 0.15) is 0 Å². The minimum atomic E-state index is -0.619. The number of amides is 3. The van der Waals surface area contributed by atoms with Gasteiger partial charge in [-0.1, -0.05) is 28.0 Å². The van der Waals surface area contributed by atoms with E-state index < -0.39 is 12.1 Å². The normalized spacial score (nSPS) is 12.5. The minimum absolute atomic E-state index is 0.0246. The van der Waals surface area contributed by atoms with E-state index >= 15 is 0 Å². The van der Waals surface area contributed by atoms with Crippen molar-refractivity contribution in [3.8, 4) is 0 Å². The van der Waals surface area contributed by atoms with Gasteiger partial charge >= 0.3 is 0 Å². The second-order valence-electron chi connectivity index (χ2n) is 17.3. The third kappa shape index (κ3) is 43.3. The molecule has 0 radical (unpaired) electrons. The molecule has 0 fully saturated rings. The summed E-state index contributed by atoms with van der Waals surface area (Å²) < 4.78 is 0. The van der Waals surface area contributed by atoms with Gasteiger partial charge in [0.15, 0.2) is 11.9 Å². The van der Waals surface area contributed by atoms with E-state index in [0.29, 0.717) is 83.9 Å². The van der Waals surface area contributed by atoms with E-state index in [1.807, 2.05) is 21.6 Å². The molecule has 0 aliphatic carbocycles. The van der Waals surface area contributed by atoms with Crippen LogP contribution >= 0.6 is 21.6 Å². The third-order valence-electron chi connectivity index (χ3n) is 11.1. The SMILES string of the molecule is CN=C(N)CCCSSCCCC(=N)CCCNCCN(CCNC(C)=O)CCN(CCCCCN(CCN)CCNC(=O)C(N)CCCN=C(N)N)CCNCCNC(=O)C(N)CCCN=C(N)N. The fourth-order valence-electron chi connectivity index (χ4n) is 7.05. The van der Waals surface area contributed by atoms with E-state index in [9.17, 15) is 14.4 Å². The molecule has 22 N–H and O–H groups in total. The van der Waals surface area contributed by atoms with Crippen LogP contribution in [0.1, 0.15) is 90.4 Å². The van der Waals surface area contributed by atoms with E-state index in [2.05, 4.69) is 56.3 Å². The lowest BCUT2D eigenvalue weighted by Crippen LogP contribution is -2.45. The monoisotopic (exact) mass is 1030 g/mol. The van der Waals surface area contributed by atoms with Crippen molar-refractivity contribution in [2.75, 3.05) is 143 Å². The molecule has 0 rings (SSSR count). The number of nitrogens with one attached hydrogen (secondary N) is 6. The number of hydrogen-bond acceptors (Lipinski definition) is 17. The van der Waals surface area contributed by atoms with E-state index in [4.69, 9.17) is 51.3 Å². The lowest BCUT2D eigenvalue weighted by molar-refractivity contribution is -0.123. The highest BCUT2D eigenvalue weighted by Gasteiger charge is 2.15. The number of guanidine groups is 2. The summed E-state index contributed by atoms with van der Waals surface area (Å²) in [7, 11) is 5.47. The van der Waals surface area contributed by atoms with Crippen LogP contribution in [0.25, 0.3) is 0 Å². The largest absolute Gasteiger partial charge is 0.387 e. The Labute approximate surface area is 428 Å². The van der Waals surface area contributed by atoms with Gasteiger partial charge in [-0.05, 0) is 90.3 Å². The Bertz CT molecular complexity index is 1440. The first-order valence-corrected chi connectivity index (χ1v) is 27.9. The Kier molecular flexibility index (Phi) is 44.2. The molecule has 408 valence electrons. The highest BCUT2D eigenvalue weighted by atomic mass is 33.1. The van der Waals surface area contributed by atoms with Crippen LogP contribution in [0.3, 0.4) is 0 Å². The molecule has 0 saturated carbocycles. The molecular formula is C45H98N20O3S2. The lowest BCUT2D eigenvalue weighted by Gasteiger charge is -2.28. The van der Waals surface area contributed by atoms with Crippen LogP contribution in [0.15, 0.2) is 15.0 Å². The molecule has 0 spiro atoms. The van der Waals surface area contributed by atoms with Crippen LogP contribution in [0.4, 0.5) is 0 Å². The van der Waals surface area contributed by atoms with Crippen molar-refractivity contribution >= 4 is 62.8 Å². The molecule has 0 heterocycles. The van der Waals surface area contributed by atoms with E-state index in [-0.39, 0.29) is 29.6 Å². The van der Waals surface area contributed by atoms with Gasteiger partial charge in [0, 0.05) is 142 Å². The number of amidine groups is 1. The maximum absolute atomic E-state index is 12.5. The summed E-state index contributed by atoms with van der Waals surface area (Å²) in [6, 6.07) is -1.23. The molecule has 23 nitrogen and oxygen atoms in total. The first-order valence-electron chi connectivity index (χ1n) is 25.4. The quantitative estimate of drug-likeness (QED) is 0.0136. The summed E-state index contributed by atoms with van der Waals surface area (Å²) >= 11 is 0. The number of hydrogen-bond donors (Lipinski definition) is 14. The highest BCUT2D eigenvalue weighted by Crippen LogP contribution is 2.24. The average molecular weight is 1030 g/mol. The first-order chi connectivity index (χ1) is 33.7. The smallest absolute Gasteiger partial charge is 0.236 e. The Balaban J connectivity index is 5.09.